The Morgan fingerprint density at radius 2 is 2.11 bits per heavy atom. The molecule has 2 aromatic rings. The van der Waals surface area contributed by atoms with Gasteiger partial charge in [-0.2, -0.15) is 0 Å². The zero-order valence-corrected chi connectivity index (χ0v) is 14.5. The average Bonchev–Trinajstić information content (AvgIpc) is 2.61. The van der Waals surface area contributed by atoms with Crippen molar-refractivity contribution >= 4 is 35.0 Å². The van der Waals surface area contributed by atoms with Crippen LogP contribution in [0.4, 0.5) is 0 Å². The summed E-state index contributed by atoms with van der Waals surface area (Å²) in [5.74, 6) is 0.955. The lowest BCUT2D eigenvalue weighted by Crippen LogP contribution is -2.22. The third-order valence-corrected chi connectivity index (χ3v) is 5.30. The minimum Gasteiger partial charge on any atom is -0.361 e. The van der Waals surface area contributed by atoms with E-state index in [0.29, 0.717) is 6.73 Å². The second-order valence-corrected chi connectivity index (χ2v) is 12.3. The van der Waals surface area contributed by atoms with E-state index in [1.54, 1.807) is 6.20 Å². The van der Waals surface area contributed by atoms with E-state index in [0.717, 1.165) is 28.1 Å². The van der Waals surface area contributed by atoms with Gasteiger partial charge in [0, 0.05) is 20.9 Å². The minimum atomic E-state index is -1.03. The van der Waals surface area contributed by atoms with Gasteiger partial charge in [-0.25, -0.2) is 9.97 Å². The molecule has 19 heavy (non-hydrogen) atoms. The second kappa shape index (κ2) is 5.72. The number of aromatic nitrogens is 3. The van der Waals surface area contributed by atoms with Crippen LogP contribution >= 0.6 is 15.9 Å². The Hall–Kier alpha value is -0.723. The van der Waals surface area contributed by atoms with Crippen LogP contribution in [0.2, 0.25) is 25.7 Å². The maximum Gasteiger partial charge on any atom is 0.132 e. The van der Waals surface area contributed by atoms with Crippen LogP contribution in [0, 0.1) is 6.92 Å². The molecule has 0 radical (unpaired) electrons. The van der Waals surface area contributed by atoms with Crippen LogP contribution < -0.4 is 0 Å². The molecule has 0 aliphatic rings. The molecular weight excluding hydrogens is 322 g/mol. The molecule has 104 valence electrons. The highest BCUT2D eigenvalue weighted by Gasteiger charge is 2.14. The molecule has 6 heteroatoms. The highest BCUT2D eigenvalue weighted by Crippen LogP contribution is 2.22. The normalized spacial score (nSPS) is 12.3. The van der Waals surface area contributed by atoms with Crippen LogP contribution in [0.25, 0.3) is 11.0 Å². The molecule has 0 unspecified atom stereocenters. The first kappa shape index (κ1) is 14.7. The molecule has 0 saturated heterocycles. The number of hydrogen-bond donors (Lipinski definition) is 0. The van der Waals surface area contributed by atoms with Gasteiger partial charge < -0.3 is 9.30 Å². The van der Waals surface area contributed by atoms with Gasteiger partial charge in [-0.05, 0) is 35.0 Å². The Kier molecular flexibility index (Phi) is 4.42. The maximum atomic E-state index is 5.81. The van der Waals surface area contributed by atoms with Crippen LogP contribution in [0.3, 0.4) is 0 Å². The van der Waals surface area contributed by atoms with Crippen LogP contribution in [0.1, 0.15) is 5.82 Å². The SMILES string of the molecule is Cc1nc2ccnc(Br)c2n1COCC[Si](C)(C)C. The summed E-state index contributed by atoms with van der Waals surface area (Å²) < 4.78 is 8.69. The predicted octanol–water partition coefficient (Wildman–Crippen LogP) is 3.81. The van der Waals surface area contributed by atoms with Crippen molar-refractivity contribution in [1.29, 1.82) is 0 Å². The van der Waals surface area contributed by atoms with Gasteiger partial charge in [0.05, 0.1) is 5.52 Å². The maximum absolute atomic E-state index is 5.81. The van der Waals surface area contributed by atoms with E-state index < -0.39 is 8.07 Å². The van der Waals surface area contributed by atoms with Gasteiger partial charge in [0.1, 0.15) is 22.7 Å². The van der Waals surface area contributed by atoms with Crippen LogP contribution in [-0.4, -0.2) is 29.2 Å². The monoisotopic (exact) mass is 341 g/mol. The predicted molar refractivity (Wildman–Crippen MR) is 84.1 cm³/mol. The molecule has 0 saturated carbocycles. The summed E-state index contributed by atoms with van der Waals surface area (Å²) >= 11 is 3.48. The number of nitrogens with zero attached hydrogens (tertiary/aromatic N) is 3. The zero-order chi connectivity index (χ0) is 14.0. The van der Waals surface area contributed by atoms with E-state index in [1.807, 2.05) is 13.0 Å². The summed E-state index contributed by atoms with van der Waals surface area (Å²) in [6, 6.07) is 3.10. The molecule has 0 bridgehead atoms. The molecule has 0 atom stereocenters. The van der Waals surface area contributed by atoms with Crippen molar-refractivity contribution in [1.82, 2.24) is 14.5 Å². The standard InChI is InChI=1S/C13H20BrN3OSi/c1-10-16-11-5-6-15-13(14)12(11)17(10)9-18-7-8-19(2,3)4/h5-6H,7-9H2,1-4H3. The van der Waals surface area contributed by atoms with Crippen molar-refractivity contribution in [2.75, 3.05) is 6.61 Å². The molecule has 0 aromatic carbocycles. The van der Waals surface area contributed by atoms with Crippen molar-refractivity contribution < 1.29 is 4.74 Å². The number of halogens is 1. The molecule has 0 spiro atoms. The molecule has 2 rings (SSSR count). The molecule has 4 nitrogen and oxygen atoms in total. The smallest absolute Gasteiger partial charge is 0.132 e. The van der Waals surface area contributed by atoms with E-state index in [2.05, 4.69) is 50.1 Å². The number of pyridine rings is 1. The number of imidazole rings is 1. The Morgan fingerprint density at radius 3 is 2.79 bits per heavy atom. The van der Waals surface area contributed by atoms with E-state index >= 15 is 0 Å². The van der Waals surface area contributed by atoms with Crippen LogP contribution in [0.5, 0.6) is 0 Å². The summed E-state index contributed by atoms with van der Waals surface area (Å²) in [5, 5.41) is 0. The van der Waals surface area contributed by atoms with Crippen molar-refractivity contribution in [2.45, 2.75) is 39.3 Å². The third kappa shape index (κ3) is 3.64. The lowest BCUT2D eigenvalue weighted by atomic mass is 10.4. The van der Waals surface area contributed by atoms with Crippen molar-refractivity contribution in [3.05, 3.63) is 22.7 Å². The fourth-order valence-corrected chi connectivity index (χ4v) is 3.14. The highest BCUT2D eigenvalue weighted by molar-refractivity contribution is 9.10. The lowest BCUT2D eigenvalue weighted by Gasteiger charge is -2.16. The van der Waals surface area contributed by atoms with Gasteiger partial charge in [0.25, 0.3) is 0 Å². The van der Waals surface area contributed by atoms with E-state index in [-0.39, 0.29) is 0 Å². The first-order chi connectivity index (χ1) is 8.88. The Bertz CT molecular complexity index is 577. The molecule has 0 amide bonds. The molecule has 0 fully saturated rings. The summed E-state index contributed by atoms with van der Waals surface area (Å²) in [5.41, 5.74) is 1.96. The van der Waals surface area contributed by atoms with Gasteiger partial charge >= 0.3 is 0 Å². The van der Waals surface area contributed by atoms with Gasteiger partial charge in [-0.3, -0.25) is 0 Å². The lowest BCUT2D eigenvalue weighted by molar-refractivity contribution is 0.0884. The first-order valence-electron chi connectivity index (χ1n) is 6.43. The van der Waals surface area contributed by atoms with Crippen molar-refractivity contribution in [2.24, 2.45) is 0 Å². The van der Waals surface area contributed by atoms with E-state index in [9.17, 15) is 0 Å². The molecule has 0 aliphatic carbocycles. The topological polar surface area (TPSA) is 39.9 Å². The average molecular weight is 342 g/mol. The first-order valence-corrected chi connectivity index (χ1v) is 10.9. The number of fused-ring (bicyclic) bond motifs is 1. The quantitative estimate of drug-likeness (QED) is 0.471. The number of hydrogen-bond acceptors (Lipinski definition) is 3. The number of rotatable bonds is 5. The minimum absolute atomic E-state index is 0.539. The Labute approximate surface area is 123 Å². The van der Waals surface area contributed by atoms with Gasteiger partial charge in [0.2, 0.25) is 0 Å². The molecule has 0 N–H and O–H groups in total. The zero-order valence-electron chi connectivity index (χ0n) is 11.9. The number of ether oxygens (including phenoxy) is 1. The van der Waals surface area contributed by atoms with Crippen molar-refractivity contribution in [3.8, 4) is 0 Å². The third-order valence-electron chi connectivity index (χ3n) is 3.02. The summed E-state index contributed by atoms with van der Waals surface area (Å²) in [6.45, 7) is 10.4. The van der Waals surface area contributed by atoms with Crippen molar-refractivity contribution in [3.63, 3.8) is 0 Å². The van der Waals surface area contributed by atoms with Crippen LogP contribution in [0.15, 0.2) is 16.9 Å². The molecule has 2 aromatic heterocycles. The summed E-state index contributed by atoms with van der Waals surface area (Å²) in [4.78, 5) is 8.78. The summed E-state index contributed by atoms with van der Waals surface area (Å²) in [7, 11) is -1.03. The fourth-order valence-electron chi connectivity index (χ4n) is 1.85. The van der Waals surface area contributed by atoms with Crippen LogP contribution in [-0.2, 0) is 11.5 Å². The Morgan fingerprint density at radius 1 is 1.37 bits per heavy atom. The largest absolute Gasteiger partial charge is 0.361 e. The fraction of sp³-hybridized carbons (Fsp3) is 0.538. The van der Waals surface area contributed by atoms with E-state index in [4.69, 9.17) is 4.74 Å². The molecular formula is C13H20BrN3OSi. The van der Waals surface area contributed by atoms with Gasteiger partial charge in [-0.1, -0.05) is 19.6 Å². The molecule has 0 aliphatic heterocycles. The summed E-state index contributed by atoms with van der Waals surface area (Å²) in [6.07, 6.45) is 1.76. The number of aryl methyl sites for hydroxylation is 1. The molecule has 2 heterocycles. The van der Waals surface area contributed by atoms with E-state index in [1.165, 1.54) is 6.04 Å². The second-order valence-electron chi connectivity index (χ2n) is 5.90. The Balaban J connectivity index is 2.10. The highest BCUT2D eigenvalue weighted by atomic mass is 79.9. The van der Waals surface area contributed by atoms with Gasteiger partial charge in [-0.15, -0.1) is 0 Å². The van der Waals surface area contributed by atoms with Gasteiger partial charge in [0.15, 0.2) is 0 Å².